The molecule has 6 heteroatoms. The van der Waals surface area contributed by atoms with Gasteiger partial charge in [-0.25, -0.2) is 0 Å². The average Bonchev–Trinajstić information content (AvgIpc) is 2.64. The molecular weight excluding hydrogens is 437 g/mol. The molecule has 2 N–H and O–H groups in total. The van der Waals surface area contributed by atoms with Gasteiger partial charge in [0.2, 0.25) is 0 Å². The highest BCUT2D eigenvalue weighted by molar-refractivity contribution is 9.10. The highest BCUT2D eigenvalue weighted by Crippen LogP contribution is 2.35. The van der Waals surface area contributed by atoms with E-state index in [1.54, 1.807) is 12.1 Å². The van der Waals surface area contributed by atoms with Crippen LogP contribution >= 0.6 is 39.1 Å². The van der Waals surface area contributed by atoms with E-state index in [9.17, 15) is 5.11 Å². The lowest BCUT2D eigenvalue weighted by Gasteiger charge is -2.14. The third-order valence-electron chi connectivity index (χ3n) is 3.76. The molecule has 0 radical (unpaired) electrons. The summed E-state index contributed by atoms with van der Waals surface area (Å²) in [6, 6.07) is 19.1. The van der Waals surface area contributed by atoms with Gasteiger partial charge in [0.25, 0.3) is 0 Å². The Hall–Kier alpha value is -1.88. The Morgan fingerprint density at radius 3 is 2.35 bits per heavy atom. The minimum Gasteiger partial charge on any atom is -0.505 e. The maximum absolute atomic E-state index is 9.66. The van der Waals surface area contributed by atoms with Crippen LogP contribution < -0.4 is 10.1 Å². The van der Waals surface area contributed by atoms with Gasteiger partial charge in [0.15, 0.2) is 5.75 Å². The van der Waals surface area contributed by atoms with Gasteiger partial charge in [-0.05, 0) is 35.9 Å². The zero-order valence-corrected chi connectivity index (χ0v) is 16.8. The molecule has 134 valence electrons. The highest BCUT2D eigenvalue weighted by Gasteiger charge is 2.09. The van der Waals surface area contributed by atoms with E-state index in [2.05, 4.69) is 21.2 Å². The number of phenols is 1. The molecule has 3 aromatic rings. The van der Waals surface area contributed by atoms with Gasteiger partial charge >= 0.3 is 0 Å². The van der Waals surface area contributed by atoms with Crippen molar-refractivity contribution in [2.75, 3.05) is 5.32 Å². The monoisotopic (exact) mass is 451 g/mol. The van der Waals surface area contributed by atoms with Crippen molar-refractivity contribution in [3.8, 4) is 11.5 Å². The van der Waals surface area contributed by atoms with Crippen molar-refractivity contribution in [2.45, 2.75) is 13.2 Å². The molecule has 0 aromatic heterocycles. The second kappa shape index (κ2) is 8.67. The Kier molecular flexibility index (Phi) is 6.30. The minimum absolute atomic E-state index is 0.117. The van der Waals surface area contributed by atoms with Crippen LogP contribution in [-0.4, -0.2) is 5.11 Å². The second-order valence-electron chi connectivity index (χ2n) is 5.67. The molecule has 0 unspecified atom stereocenters. The molecule has 0 amide bonds. The summed E-state index contributed by atoms with van der Waals surface area (Å²) >= 11 is 15.4. The predicted molar refractivity (Wildman–Crippen MR) is 110 cm³/mol. The van der Waals surface area contributed by atoms with Gasteiger partial charge in [-0.1, -0.05) is 69.5 Å². The molecule has 0 spiro atoms. The number of aromatic hydroxyl groups is 1. The number of nitrogens with one attached hydrogen (secondary N) is 1. The van der Waals surface area contributed by atoms with Crippen LogP contribution in [0.25, 0.3) is 0 Å². The normalized spacial score (nSPS) is 10.6. The van der Waals surface area contributed by atoms with Crippen molar-refractivity contribution in [1.82, 2.24) is 0 Å². The van der Waals surface area contributed by atoms with Gasteiger partial charge in [-0.3, -0.25) is 0 Å². The summed E-state index contributed by atoms with van der Waals surface area (Å²) in [5, 5.41) is 13.3. The van der Waals surface area contributed by atoms with E-state index in [0.29, 0.717) is 18.8 Å². The molecule has 26 heavy (non-hydrogen) atoms. The van der Waals surface area contributed by atoms with Crippen molar-refractivity contribution < 1.29 is 9.84 Å². The number of anilines is 1. The Balaban J connectivity index is 1.73. The third-order valence-corrected chi connectivity index (χ3v) is 4.83. The van der Waals surface area contributed by atoms with Crippen LogP contribution in [0.4, 0.5) is 5.69 Å². The Labute approximate surface area is 170 Å². The molecular formula is C20H16BrCl2NO2. The van der Waals surface area contributed by atoms with Crippen LogP contribution in [-0.2, 0) is 13.2 Å². The lowest BCUT2D eigenvalue weighted by atomic mass is 10.2. The number of hydrogen-bond donors (Lipinski definition) is 2. The van der Waals surface area contributed by atoms with Crippen molar-refractivity contribution in [1.29, 1.82) is 0 Å². The molecule has 0 fully saturated rings. The SMILES string of the molecule is Oc1c(Cl)cc(NCc2cc(Br)ccc2OCc2ccccc2)cc1Cl. The van der Waals surface area contributed by atoms with E-state index in [1.165, 1.54) is 0 Å². The van der Waals surface area contributed by atoms with E-state index >= 15 is 0 Å². The summed E-state index contributed by atoms with van der Waals surface area (Å²) in [4.78, 5) is 0. The molecule has 0 atom stereocenters. The van der Waals surface area contributed by atoms with E-state index in [0.717, 1.165) is 21.3 Å². The molecule has 0 bridgehead atoms. The van der Waals surface area contributed by atoms with Crippen LogP contribution in [0.2, 0.25) is 10.0 Å². The summed E-state index contributed by atoms with van der Waals surface area (Å²) in [6.45, 7) is 1.01. The van der Waals surface area contributed by atoms with Crippen molar-refractivity contribution in [2.24, 2.45) is 0 Å². The number of rotatable bonds is 6. The van der Waals surface area contributed by atoms with E-state index in [1.807, 2.05) is 48.5 Å². The predicted octanol–water partition coefficient (Wildman–Crippen LogP) is 6.65. The van der Waals surface area contributed by atoms with Gasteiger partial charge in [0.1, 0.15) is 12.4 Å². The zero-order chi connectivity index (χ0) is 18.5. The largest absolute Gasteiger partial charge is 0.505 e. The average molecular weight is 453 g/mol. The molecule has 0 heterocycles. The zero-order valence-electron chi connectivity index (χ0n) is 13.7. The molecule has 3 nitrogen and oxygen atoms in total. The lowest BCUT2D eigenvalue weighted by molar-refractivity contribution is 0.303. The van der Waals surface area contributed by atoms with Crippen molar-refractivity contribution in [3.63, 3.8) is 0 Å². The Morgan fingerprint density at radius 2 is 1.65 bits per heavy atom. The highest BCUT2D eigenvalue weighted by atomic mass is 79.9. The molecule has 0 aliphatic carbocycles. The summed E-state index contributed by atoms with van der Waals surface area (Å²) in [5.41, 5.74) is 2.80. The van der Waals surface area contributed by atoms with Gasteiger partial charge in [0, 0.05) is 22.3 Å². The van der Waals surface area contributed by atoms with Crippen LogP contribution in [0.5, 0.6) is 11.5 Å². The third kappa shape index (κ3) is 4.85. The van der Waals surface area contributed by atoms with Gasteiger partial charge in [-0.2, -0.15) is 0 Å². The number of hydrogen-bond acceptors (Lipinski definition) is 3. The van der Waals surface area contributed by atoms with E-state index in [-0.39, 0.29) is 15.8 Å². The maximum Gasteiger partial charge on any atom is 0.152 e. The fourth-order valence-electron chi connectivity index (χ4n) is 2.43. The van der Waals surface area contributed by atoms with Gasteiger partial charge in [-0.15, -0.1) is 0 Å². The first kappa shape index (κ1) is 18.9. The molecule has 0 saturated carbocycles. The smallest absolute Gasteiger partial charge is 0.152 e. The first-order chi connectivity index (χ1) is 12.5. The molecule has 0 aliphatic heterocycles. The fourth-order valence-corrected chi connectivity index (χ4v) is 3.32. The molecule has 0 saturated heterocycles. The molecule has 3 rings (SSSR count). The van der Waals surface area contributed by atoms with Gasteiger partial charge in [0.05, 0.1) is 10.0 Å². The number of phenolic OH excluding ortho intramolecular Hbond substituents is 1. The second-order valence-corrected chi connectivity index (χ2v) is 7.40. The van der Waals surface area contributed by atoms with Crippen LogP contribution in [0, 0.1) is 0 Å². The van der Waals surface area contributed by atoms with Gasteiger partial charge < -0.3 is 15.2 Å². The standard InChI is InChI=1S/C20H16BrCl2NO2/c21-15-6-7-19(26-12-13-4-2-1-3-5-13)14(8-15)11-24-16-9-17(22)20(25)18(23)10-16/h1-10,24-25H,11-12H2. The summed E-state index contributed by atoms with van der Waals surface area (Å²) in [6.07, 6.45) is 0. The summed E-state index contributed by atoms with van der Waals surface area (Å²) in [7, 11) is 0. The van der Waals surface area contributed by atoms with E-state index in [4.69, 9.17) is 27.9 Å². The number of ether oxygens (including phenoxy) is 1. The lowest BCUT2D eigenvalue weighted by Crippen LogP contribution is -2.04. The topological polar surface area (TPSA) is 41.5 Å². The first-order valence-corrected chi connectivity index (χ1v) is 9.45. The maximum atomic E-state index is 9.66. The Bertz CT molecular complexity index is 881. The fraction of sp³-hybridized carbons (Fsp3) is 0.100. The van der Waals surface area contributed by atoms with E-state index < -0.39 is 0 Å². The summed E-state index contributed by atoms with van der Waals surface area (Å²) in [5.74, 6) is 0.675. The van der Waals surface area contributed by atoms with Crippen molar-refractivity contribution in [3.05, 3.63) is 86.3 Å². The molecule has 3 aromatic carbocycles. The Morgan fingerprint density at radius 1 is 0.962 bits per heavy atom. The summed E-state index contributed by atoms with van der Waals surface area (Å²) < 4.78 is 6.94. The minimum atomic E-state index is -0.117. The van der Waals surface area contributed by atoms with Crippen LogP contribution in [0.1, 0.15) is 11.1 Å². The van der Waals surface area contributed by atoms with Crippen LogP contribution in [0.15, 0.2) is 65.1 Å². The van der Waals surface area contributed by atoms with Crippen molar-refractivity contribution >= 4 is 44.8 Å². The first-order valence-electron chi connectivity index (χ1n) is 7.90. The molecule has 0 aliphatic rings. The number of benzene rings is 3. The quantitative estimate of drug-likeness (QED) is 0.411. The number of halogens is 3. The van der Waals surface area contributed by atoms with Crippen LogP contribution in [0.3, 0.4) is 0 Å².